The molecule has 0 aromatic heterocycles. The largest absolute Gasteiger partial charge is 0.472 e. The van der Waals surface area contributed by atoms with E-state index in [4.69, 9.17) is 37.0 Å². The Morgan fingerprint density at radius 2 is 0.442 bits per heavy atom. The van der Waals surface area contributed by atoms with E-state index in [-0.39, 0.29) is 25.7 Å². The Hall–Kier alpha value is -1.94. The minimum absolute atomic E-state index is 0.108. The van der Waals surface area contributed by atoms with Crippen LogP contribution in [0.1, 0.15) is 452 Å². The van der Waals surface area contributed by atoms with Crippen LogP contribution in [-0.2, 0) is 65.4 Å². The number of hydrogen-bond donors (Lipinski definition) is 3. The summed E-state index contributed by atoms with van der Waals surface area (Å²) in [6.45, 7) is 9.65. The minimum Gasteiger partial charge on any atom is -0.462 e. The highest BCUT2D eigenvalue weighted by Crippen LogP contribution is 2.45. The number of hydrogen-bond acceptors (Lipinski definition) is 15. The summed E-state index contributed by atoms with van der Waals surface area (Å²) in [7, 11) is -9.93. The topological polar surface area (TPSA) is 237 Å². The first kappa shape index (κ1) is 102. The number of unbranched alkanes of at least 4 members (excludes halogenated alkanes) is 54. The molecule has 0 aromatic carbocycles. The van der Waals surface area contributed by atoms with Crippen molar-refractivity contribution >= 4 is 39.5 Å². The number of phosphoric ester groups is 2. The quantitative estimate of drug-likeness (QED) is 0.0222. The fourth-order valence-corrected chi connectivity index (χ4v) is 14.8. The van der Waals surface area contributed by atoms with Gasteiger partial charge in [0.2, 0.25) is 0 Å². The van der Waals surface area contributed by atoms with Crippen LogP contribution >= 0.6 is 15.6 Å². The zero-order valence-corrected chi connectivity index (χ0v) is 70.1. The minimum atomic E-state index is -4.97. The molecule has 0 saturated heterocycles. The number of rotatable bonds is 84. The highest BCUT2D eigenvalue weighted by atomic mass is 31.2. The first-order chi connectivity index (χ1) is 50.4. The molecule has 0 heterocycles. The van der Waals surface area contributed by atoms with E-state index in [9.17, 15) is 43.2 Å². The van der Waals surface area contributed by atoms with Gasteiger partial charge in [-0.25, -0.2) is 9.13 Å². The number of aliphatic hydroxyl groups excluding tert-OH is 1. The highest BCUT2D eigenvalue weighted by molar-refractivity contribution is 7.47. The van der Waals surface area contributed by atoms with Gasteiger partial charge in [0.15, 0.2) is 12.2 Å². The summed E-state index contributed by atoms with van der Waals surface area (Å²) in [4.78, 5) is 73.2. The molecule has 0 amide bonds. The van der Waals surface area contributed by atoms with Gasteiger partial charge in [0, 0.05) is 25.7 Å². The van der Waals surface area contributed by atoms with E-state index < -0.39 is 97.5 Å². The second kappa shape index (κ2) is 76.4. The molecule has 0 radical (unpaired) electrons. The summed E-state index contributed by atoms with van der Waals surface area (Å²) in [6, 6.07) is 0. The first-order valence-corrected chi connectivity index (χ1v) is 47.0. The van der Waals surface area contributed by atoms with Crippen LogP contribution in [-0.4, -0.2) is 96.7 Å². The Kier molecular flexibility index (Phi) is 75.0. The van der Waals surface area contributed by atoms with E-state index in [1.807, 2.05) is 0 Å². The van der Waals surface area contributed by atoms with Crippen molar-refractivity contribution in [1.29, 1.82) is 0 Å². The van der Waals surface area contributed by atoms with Gasteiger partial charge in [0.1, 0.15) is 19.3 Å². The van der Waals surface area contributed by atoms with E-state index in [1.165, 1.54) is 263 Å². The molecule has 104 heavy (non-hydrogen) atoms. The van der Waals surface area contributed by atoms with E-state index in [2.05, 4.69) is 41.5 Å². The average molecular weight is 1520 g/mol. The first-order valence-electron chi connectivity index (χ1n) is 44.0. The summed E-state index contributed by atoms with van der Waals surface area (Å²) in [6.07, 6.45) is 68.1. The number of carbonyl (C=O) groups excluding carboxylic acids is 4. The lowest BCUT2D eigenvalue weighted by atomic mass is 10.0. The van der Waals surface area contributed by atoms with E-state index >= 15 is 0 Å². The predicted octanol–water partition coefficient (Wildman–Crippen LogP) is 25.8. The lowest BCUT2D eigenvalue weighted by Crippen LogP contribution is -2.30. The molecular formula is C85H166O17P2. The fourth-order valence-electron chi connectivity index (χ4n) is 13.2. The third kappa shape index (κ3) is 78.2. The molecule has 5 atom stereocenters. The van der Waals surface area contributed by atoms with Crippen molar-refractivity contribution in [3.8, 4) is 0 Å². The molecule has 0 aromatic rings. The monoisotopic (exact) mass is 1520 g/mol. The van der Waals surface area contributed by atoms with Gasteiger partial charge in [-0.3, -0.25) is 37.3 Å². The van der Waals surface area contributed by atoms with Crippen molar-refractivity contribution < 1.29 is 80.2 Å². The van der Waals surface area contributed by atoms with Crippen LogP contribution in [0.25, 0.3) is 0 Å². The standard InChI is InChI=1S/C85H166O17P2/c1-7-9-11-13-15-17-19-21-23-24-28-32-35-39-43-49-55-61-67-82(87)95-73-80(101-84(89)70-64-58-51-45-41-37-33-29-26-25-27-31-34-38-42-47-53-59-65-77(3)4)75-99-103(91,92)97-71-79(86)72-98-104(93,94)100-76-81(74-96-83(88)68-62-56-52-46-48-54-60-66-78(5)6)102-85(90)69-63-57-50-44-40-36-30-22-20-18-16-14-12-10-8-2/h77-81,86H,7-76H2,1-6H3,(H,91,92)(H,93,94)/t79-,80-,81-/m1/s1. The predicted molar refractivity (Wildman–Crippen MR) is 428 cm³/mol. The van der Waals surface area contributed by atoms with Gasteiger partial charge >= 0.3 is 39.5 Å². The zero-order chi connectivity index (χ0) is 76.4. The Labute approximate surface area is 638 Å². The molecule has 0 saturated carbocycles. The molecular weight excluding hydrogens is 1350 g/mol. The third-order valence-corrected chi connectivity index (χ3v) is 21.9. The number of esters is 4. The van der Waals surface area contributed by atoms with E-state index in [1.54, 1.807) is 0 Å². The van der Waals surface area contributed by atoms with Crippen LogP contribution in [0, 0.1) is 11.8 Å². The molecule has 0 fully saturated rings. The molecule has 618 valence electrons. The number of carbonyl (C=O) groups is 4. The molecule has 2 unspecified atom stereocenters. The molecule has 0 aliphatic heterocycles. The molecule has 0 rings (SSSR count). The van der Waals surface area contributed by atoms with E-state index in [0.717, 1.165) is 102 Å². The maximum Gasteiger partial charge on any atom is 0.472 e. The third-order valence-electron chi connectivity index (χ3n) is 20.0. The summed E-state index contributed by atoms with van der Waals surface area (Å²) in [5.74, 6) is -0.578. The van der Waals surface area contributed by atoms with Crippen molar-refractivity contribution in [2.24, 2.45) is 11.8 Å². The van der Waals surface area contributed by atoms with E-state index in [0.29, 0.717) is 31.6 Å². The highest BCUT2D eigenvalue weighted by Gasteiger charge is 2.30. The van der Waals surface area contributed by atoms with Crippen LogP contribution in [0.4, 0.5) is 0 Å². The number of aliphatic hydroxyl groups is 1. The van der Waals surface area contributed by atoms with Gasteiger partial charge in [0.25, 0.3) is 0 Å². The fraction of sp³-hybridized carbons (Fsp3) is 0.953. The van der Waals surface area contributed by atoms with Gasteiger partial charge in [0.05, 0.1) is 26.4 Å². The maximum atomic E-state index is 13.1. The number of phosphoric acid groups is 2. The van der Waals surface area contributed by atoms with Crippen LogP contribution in [0.3, 0.4) is 0 Å². The Morgan fingerprint density at radius 1 is 0.260 bits per heavy atom. The zero-order valence-electron chi connectivity index (χ0n) is 68.3. The summed E-state index contributed by atoms with van der Waals surface area (Å²) < 4.78 is 68.8. The Morgan fingerprint density at radius 3 is 0.654 bits per heavy atom. The summed E-state index contributed by atoms with van der Waals surface area (Å²) >= 11 is 0. The van der Waals surface area contributed by atoms with Gasteiger partial charge < -0.3 is 33.8 Å². The van der Waals surface area contributed by atoms with Crippen LogP contribution in [0.2, 0.25) is 0 Å². The van der Waals surface area contributed by atoms with Gasteiger partial charge in [-0.15, -0.1) is 0 Å². The van der Waals surface area contributed by atoms with Crippen LogP contribution in [0.5, 0.6) is 0 Å². The van der Waals surface area contributed by atoms with Crippen LogP contribution in [0.15, 0.2) is 0 Å². The molecule has 0 bridgehead atoms. The Bertz CT molecular complexity index is 1990. The van der Waals surface area contributed by atoms with Gasteiger partial charge in [-0.1, -0.05) is 401 Å². The molecule has 19 heteroatoms. The second-order valence-electron chi connectivity index (χ2n) is 31.5. The maximum absolute atomic E-state index is 13.1. The second-order valence-corrected chi connectivity index (χ2v) is 34.4. The number of ether oxygens (including phenoxy) is 4. The van der Waals surface area contributed by atoms with Crippen molar-refractivity contribution in [3.63, 3.8) is 0 Å². The van der Waals surface area contributed by atoms with Crippen molar-refractivity contribution in [2.75, 3.05) is 39.6 Å². The molecule has 17 nitrogen and oxygen atoms in total. The SMILES string of the molecule is CCCCCCCCCCCCCCCCCCCCC(=O)OC[C@H](COP(=O)(O)OC[C@@H](O)COP(=O)(O)OC[C@@H](COC(=O)CCCCCCCCCC(C)C)OC(=O)CCCCCCCCCCCCCCCCC)OC(=O)CCCCCCCCCCCCCCCCCCCCC(C)C. The van der Waals surface area contributed by atoms with Gasteiger partial charge in [-0.05, 0) is 37.5 Å². The Balaban J connectivity index is 5.22. The molecule has 0 aliphatic rings. The van der Waals surface area contributed by atoms with Crippen molar-refractivity contribution in [3.05, 3.63) is 0 Å². The van der Waals surface area contributed by atoms with Crippen molar-refractivity contribution in [1.82, 2.24) is 0 Å². The molecule has 0 aliphatic carbocycles. The average Bonchev–Trinajstić information content (AvgIpc) is 0.909. The van der Waals surface area contributed by atoms with Crippen molar-refractivity contribution in [2.45, 2.75) is 471 Å². The summed E-state index contributed by atoms with van der Waals surface area (Å²) in [5, 5.41) is 10.7. The smallest absolute Gasteiger partial charge is 0.462 e. The van der Waals surface area contributed by atoms with Gasteiger partial charge in [-0.2, -0.15) is 0 Å². The lowest BCUT2D eigenvalue weighted by Gasteiger charge is -2.21. The molecule has 3 N–H and O–H groups in total. The summed E-state index contributed by atoms with van der Waals surface area (Å²) in [5.41, 5.74) is 0. The normalized spacial score (nSPS) is 13.8. The molecule has 0 spiro atoms. The lowest BCUT2D eigenvalue weighted by molar-refractivity contribution is -0.161. The van der Waals surface area contributed by atoms with Crippen LogP contribution < -0.4 is 0 Å².